The van der Waals surface area contributed by atoms with E-state index < -0.39 is 0 Å². The van der Waals surface area contributed by atoms with Crippen molar-refractivity contribution >= 4 is 0 Å². The molecule has 0 spiro atoms. The average Bonchev–Trinajstić information content (AvgIpc) is 2.44. The lowest BCUT2D eigenvalue weighted by Gasteiger charge is -2.44. The molecule has 2 rings (SSSR count). The lowest BCUT2D eigenvalue weighted by Crippen LogP contribution is -2.50. The van der Waals surface area contributed by atoms with E-state index in [1.165, 1.54) is 19.2 Å². The van der Waals surface area contributed by atoms with Crippen LogP contribution in [0.1, 0.15) is 51.1 Å². The molecule has 1 unspecified atom stereocenters. The van der Waals surface area contributed by atoms with Crippen LogP contribution in [-0.2, 0) is 4.74 Å². The van der Waals surface area contributed by atoms with E-state index in [0.29, 0.717) is 6.61 Å². The van der Waals surface area contributed by atoms with Gasteiger partial charge in [-0.1, -0.05) is 6.92 Å². The summed E-state index contributed by atoms with van der Waals surface area (Å²) in [5, 5.41) is 0. The maximum atomic E-state index is 6.13. The molecule has 5 nitrogen and oxygen atoms in total. The van der Waals surface area contributed by atoms with Gasteiger partial charge < -0.3 is 4.74 Å². The number of nitrogens with two attached hydrogens (primary N) is 1. The molecule has 1 aliphatic rings. The highest BCUT2D eigenvalue weighted by Crippen LogP contribution is 2.42. The molecule has 0 aromatic carbocycles. The predicted octanol–water partition coefficient (Wildman–Crippen LogP) is 1.97. The third-order valence-electron chi connectivity index (χ3n) is 4.16. The topological polar surface area (TPSA) is 73.1 Å². The van der Waals surface area contributed by atoms with E-state index in [-0.39, 0.29) is 11.6 Å². The van der Waals surface area contributed by atoms with Crippen molar-refractivity contribution < 1.29 is 4.74 Å². The Morgan fingerprint density at radius 3 is 2.58 bits per heavy atom. The number of hydrazine groups is 1. The standard InChI is InChI=1S/C14H24N4O/c1-3-19-14(6-4-11(2)5-7-14)13(18-15)12-8-16-10-17-9-12/h8-11,13,18H,3-7,15H2,1-2H3. The van der Waals surface area contributed by atoms with E-state index in [4.69, 9.17) is 10.6 Å². The van der Waals surface area contributed by atoms with Gasteiger partial charge in [-0.05, 0) is 38.5 Å². The van der Waals surface area contributed by atoms with E-state index in [2.05, 4.69) is 22.3 Å². The van der Waals surface area contributed by atoms with Crippen LogP contribution in [-0.4, -0.2) is 22.2 Å². The molecule has 0 amide bonds. The van der Waals surface area contributed by atoms with Crippen LogP contribution in [0.4, 0.5) is 0 Å². The average molecular weight is 264 g/mol. The minimum Gasteiger partial charge on any atom is -0.373 e. The predicted molar refractivity (Wildman–Crippen MR) is 74.1 cm³/mol. The van der Waals surface area contributed by atoms with Crippen LogP contribution < -0.4 is 11.3 Å². The molecule has 1 heterocycles. The summed E-state index contributed by atoms with van der Waals surface area (Å²) in [6.07, 6.45) is 9.55. The monoisotopic (exact) mass is 264 g/mol. The molecule has 3 N–H and O–H groups in total. The summed E-state index contributed by atoms with van der Waals surface area (Å²) in [5.41, 5.74) is 3.68. The molecule has 1 fully saturated rings. The molecule has 1 aromatic heterocycles. The van der Waals surface area contributed by atoms with Crippen molar-refractivity contribution in [3.8, 4) is 0 Å². The van der Waals surface area contributed by atoms with Gasteiger partial charge in [0, 0.05) is 24.6 Å². The fraction of sp³-hybridized carbons (Fsp3) is 0.714. The zero-order valence-electron chi connectivity index (χ0n) is 11.8. The van der Waals surface area contributed by atoms with Gasteiger partial charge in [0.15, 0.2) is 0 Å². The van der Waals surface area contributed by atoms with Gasteiger partial charge in [-0.3, -0.25) is 5.84 Å². The second-order valence-electron chi connectivity index (χ2n) is 5.45. The van der Waals surface area contributed by atoms with E-state index in [1.54, 1.807) is 0 Å². The van der Waals surface area contributed by atoms with Crippen LogP contribution in [0.5, 0.6) is 0 Å². The van der Waals surface area contributed by atoms with Gasteiger partial charge in [-0.2, -0.15) is 0 Å². The van der Waals surface area contributed by atoms with Crippen molar-refractivity contribution in [2.24, 2.45) is 11.8 Å². The number of nitrogens with one attached hydrogen (secondary N) is 1. The minimum atomic E-state index is -0.235. The molecule has 19 heavy (non-hydrogen) atoms. The second-order valence-corrected chi connectivity index (χ2v) is 5.45. The molecular weight excluding hydrogens is 240 g/mol. The zero-order chi connectivity index (χ0) is 13.7. The summed E-state index contributed by atoms with van der Waals surface area (Å²) in [6.45, 7) is 5.03. The lowest BCUT2D eigenvalue weighted by atomic mass is 9.74. The van der Waals surface area contributed by atoms with Crippen molar-refractivity contribution in [1.82, 2.24) is 15.4 Å². The van der Waals surface area contributed by atoms with Gasteiger partial charge in [-0.25, -0.2) is 15.4 Å². The Morgan fingerprint density at radius 1 is 1.42 bits per heavy atom. The van der Waals surface area contributed by atoms with E-state index in [9.17, 15) is 0 Å². The molecule has 5 heteroatoms. The Balaban J connectivity index is 2.26. The first-order chi connectivity index (χ1) is 9.22. The highest BCUT2D eigenvalue weighted by atomic mass is 16.5. The fourth-order valence-corrected chi connectivity index (χ4v) is 3.07. The van der Waals surface area contributed by atoms with Crippen molar-refractivity contribution in [1.29, 1.82) is 0 Å². The van der Waals surface area contributed by atoms with Gasteiger partial charge >= 0.3 is 0 Å². The Morgan fingerprint density at radius 2 is 2.05 bits per heavy atom. The van der Waals surface area contributed by atoms with Crippen molar-refractivity contribution in [2.75, 3.05) is 6.61 Å². The van der Waals surface area contributed by atoms with E-state index >= 15 is 0 Å². The van der Waals surface area contributed by atoms with Crippen LogP contribution in [0.15, 0.2) is 18.7 Å². The molecule has 1 saturated carbocycles. The van der Waals surface area contributed by atoms with Gasteiger partial charge in [0.05, 0.1) is 11.6 Å². The Labute approximate surface area is 114 Å². The fourth-order valence-electron chi connectivity index (χ4n) is 3.07. The van der Waals surface area contributed by atoms with Gasteiger partial charge in [0.1, 0.15) is 6.33 Å². The molecule has 1 atom stereocenters. The Bertz CT molecular complexity index is 376. The van der Waals surface area contributed by atoms with Crippen LogP contribution in [0.3, 0.4) is 0 Å². The van der Waals surface area contributed by atoms with Gasteiger partial charge in [-0.15, -0.1) is 0 Å². The maximum absolute atomic E-state index is 6.13. The maximum Gasteiger partial charge on any atom is 0.115 e. The molecule has 0 saturated heterocycles. The summed E-state index contributed by atoms with van der Waals surface area (Å²) in [6, 6.07) is -0.0545. The first-order valence-electron chi connectivity index (χ1n) is 7.07. The van der Waals surface area contributed by atoms with E-state index in [0.717, 1.165) is 24.3 Å². The van der Waals surface area contributed by atoms with Gasteiger partial charge in [0.2, 0.25) is 0 Å². The highest BCUT2D eigenvalue weighted by Gasteiger charge is 2.42. The lowest BCUT2D eigenvalue weighted by molar-refractivity contribution is -0.0978. The summed E-state index contributed by atoms with van der Waals surface area (Å²) < 4.78 is 6.13. The number of ether oxygens (including phenoxy) is 1. The number of hydrogen-bond donors (Lipinski definition) is 2. The summed E-state index contributed by atoms with van der Waals surface area (Å²) in [7, 11) is 0. The highest BCUT2D eigenvalue weighted by molar-refractivity contribution is 5.16. The molecule has 0 bridgehead atoms. The quantitative estimate of drug-likeness (QED) is 0.628. The molecular formula is C14H24N4O. The largest absolute Gasteiger partial charge is 0.373 e. The first kappa shape index (κ1) is 14.4. The molecule has 0 radical (unpaired) electrons. The third kappa shape index (κ3) is 3.11. The second kappa shape index (κ2) is 6.41. The summed E-state index contributed by atoms with van der Waals surface area (Å²) >= 11 is 0. The molecule has 106 valence electrons. The third-order valence-corrected chi connectivity index (χ3v) is 4.16. The molecule has 1 aliphatic carbocycles. The Kier molecular flexibility index (Phi) is 4.85. The smallest absolute Gasteiger partial charge is 0.115 e. The normalized spacial score (nSPS) is 29.1. The molecule has 1 aromatic rings. The summed E-state index contributed by atoms with van der Waals surface area (Å²) in [5.74, 6) is 6.56. The number of rotatable bonds is 5. The van der Waals surface area contributed by atoms with Crippen LogP contribution >= 0.6 is 0 Å². The van der Waals surface area contributed by atoms with Crippen molar-refractivity contribution in [3.05, 3.63) is 24.3 Å². The number of nitrogens with zero attached hydrogens (tertiary/aromatic N) is 2. The summed E-state index contributed by atoms with van der Waals surface area (Å²) in [4.78, 5) is 8.18. The number of aromatic nitrogens is 2. The van der Waals surface area contributed by atoms with Crippen LogP contribution in [0.25, 0.3) is 0 Å². The van der Waals surface area contributed by atoms with Crippen molar-refractivity contribution in [3.63, 3.8) is 0 Å². The first-order valence-corrected chi connectivity index (χ1v) is 7.07. The zero-order valence-corrected chi connectivity index (χ0v) is 11.8. The van der Waals surface area contributed by atoms with Gasteiger partial charge in [0.25, 0.3) is 0 Å². The van der Waals surface area contributed by atoms with Crippen LogP contribution in [0.2, 0.25) is 0 Å². The number of hydrogen-bond acceptors (Lipinski definition) is 5. The SMILES string of the molecule is CCOC1(C(NN)c2cncnc2)CCC(C)CC1. The minimum absolute atomic E-state index is 0.0545. The molecule has 0 aliphatic heterocycles. The van der Waals surface area contributed by atoms with Crippen molar-refractivity contribution in [2.45, 2.75) is 51.2 Å². The van der Waals surface area contributed by atoms with E-state index in [1.807, 2.05) is 19.3 Å². The van der Waals surface area contributed by atoms with Crippen LogP contribution in [0, 0.1) is 5.92 Å². The Hall–Kier alpha value is -1.04.